The molecule has 1 amide bonds. The van der Waals surface area contributed by atoms with Crippen molar-refractivity contribution in [2.24, 2.45) is 11.8 Å². The van der Waals surface area contributed by atoms with E-state index < -0.39 is 0 Å². The van der Waals surface area contributed by atoms with Crippen molar-refractivity contribution in [3.8, 4) is 0 Å². The summed E-state index contributed by atoms with van der Waals surface area (Å²) in [6.07, 6.45) is 5.70. The molecule has 1 aromatic rings. The molecule has 1 aliphatic heterocycles. The zero-order chi connectivity index (χ0) is 14.2. The molecule has 0 bridgehead atoms. The van der Waals surface area contributed by atoms with Crippen LogP contribution in [-0.4, -0.2) is 25.0 Å². The van der Waals surface area contributed by atoms with Gasteiger partial charge in [0, 0.05) is 12.0 Å². The molecule has 4 atom stereocenters. The number of fused-ring (bicyclic) bond motifs is 3. The van der Waals surface area contributed by atoms with Crippen molar-refractivity contribution in [1.82, 2.24) is 10.6 Å². The van der Waals surface area contributed by atoms with Crippen LogP contribution in [0.4, 0.5) is 0 Å². The lowest BCUT2D eigenvalue weighted by molar-refractivity contribution is -0.123. The van der Waals surface area contributed by atoms with Crippen molar-refractivity contribution in [3.63, 3.8) is 0 Å². The molecule has 0 radical (unpaired) electrons. The summed E-state index contributed by atoms with van der Waals surface area (Å²) in [4.78, 5) is 12.6. The van der Waals surface area contributed by atoms with Crippen molar-refractivity contribution >= 4 is 5.91 Å². The number of aryl methyl sites for hydroxylation is 1. The van der Waals surface area contributed by atoms with Gasteiger partial charge in [-0.15, -0.1) is 0 Å². The van der Waals surface area contributed by atoms with Crippen LogP contribution in [0.5, 0.6) is 0 Å². The zero-order valence-corrected chi connectivity index (χ0v) is 12.5. The molecule has 3 nitrogen and oxygen atoms in total. The lowest BCUT2D eigenvalue weighted by Gasteiger charge is -2.16. The van der Waals surface area contributed by atoms with Gasteiger partial charge in [0.15, 0.2) is 0 Å². The predicted octanol–water partition coefficient (Wildman–Crippen LogP) is 2.22. The standard InChI is InChI=1S/C18H24N2O/c21-18(20-13-5-3-10-19-11-9-13)17-15-8-7-12-4-1-2-6-14(12)16(15)17/h1-2,4,6,13,15-17,19H,3,5,7-11H2,(H,20,21). The molecule has 112 valence electrons. The van der Waals surface area contributed by atoms with E-state index in [-0.39, 0.29) is 5.92 Å². The number of benzene rings is 1. The normalized spacial score (nSPS) is 34.3. The van der Waals surface area contributed by atoms with Crippen LogP contribution in [0.15, 0.2) is 24.3 Å². The summed E-state index contributed by atoms with van der Waals surface area (Å²) in [6.45, 7) is 2.12. The molecule has 3 heteroatoms. The van der Waals surface area contributed by atoms with Gasteiger partial charge in [-0.3, -0.25) is 4.79 Å². The number of hydrogen-bond acceptors (Lipinski definition) is 2. The number of carbonyl (C=O) groups is 1. The zero-order valence-electron chi connectivity index (χ0n) is 12.5. The van der Waals surface area contributed by atoms with Crippen molar-refractivity contribution in [2.45, 2.75) is 44.1 Å². The highest BCUT2D eigenvalue weighted by molar-refractivity contribution is 5.84. The highest BCUT2D eigenvalue weighted by atomic mass is 16.2. The van der Waals surface area contributed by atoms with E-state index in [1.165, 1.54) is 24.0 Å². The molecule has 2 aliphatic carbocycles. The largest absolute Gasteiger partial charge is 0.353 e. The molecule has 2 N–H and O–H groups in total. The average molecular weight is 284 g/mol. The van der Waals surface area contributed by atoms with Gasteiger partial charge >= 0.3 is 0 Å². The first-order valence-corrected chi connectivity index (χ1v) is 8.43. The molecular formula is C18H24N2O. The second-order valence-electron chi connectivity index (χ2n) is 6.84. The van der Waals surface area contributed by atoms with Crippen LogP contribution < -0.4 is 10.6 Å². The van der Waals surface area contributed by atoms with Gasteiger partial charge in [-0.1, -0.05) is 24.3 Å². The molecular weight excluding hydrogens is 260 g/mol. The maximum absolute atomic E-state index is 12.6. The Hall–Kier alpha value is -1.35. The van der Waals surface area contributed by atoms with Gasteiger partial charge in [-0.2, -0.15) is 0 Å². The Balaban J connectivity index is 1.43. The fourth-order valence-corrected chi connectivity index (χ4v) is 4.38. The minimum absolute atomic E-state index is 0.241. The number of nitrogens with one attached hydrogen (secondary N) is 2. The predicted molar refractivity (Wildman–Crippen MR) is 83.1 cm³/mol. The van der Waals surface area contributed by atoms with Gasteiger partial charge in [0.05, 0.1) is 0 Å². The molecule has 4 rings (SSSR count). The van der Waals surface area contributed by atoms with Crippen molar-refractivity contribution < 1.29 is 4.79 Å². The van der Waals surface area contributed by atoms with Crippen LogP contribution in [-0.2, 0) is 11.2 Å². The number of amides is 1. The van der Waals surface area contributed by atoms with E-state index in [0.717, 1.165) is 32.4 Å². The topological polar surface area (TPSA) is 41.1 Å². The molecule has 21 heavy (non-hydrogen) atoms. The molecule has 1 saturated heterocycles. The quantitative estimate of drug-likeness (QED) is 0.874. The molecule has 1 saturated carbocycles. The Morgan fingerprint density at radius 3 is 3.00 bits per heavy atom. The fraction of sp³-hybridized carbons (Fsp3) is 0.611. The Morgan fingerprint density at radius 2 is 2.05 bits per heavy atom. The Kier molecular flexibility index (Phi) is 3.46. The van der Waals surface area contributed by atoms with Crippen molar-refractivity contribution in [1.29, 1.82) is 0 Å². The first kappa shape index (κ1) is 13.3. The van der Waals surface area contributed by atoms with Gasteiger partial charge in [-0.05, 0) is 68.2 Å². The van der Waals surface area contributed by atoms with Crippen LogP contribution in [0.25, 0.3) is 0 Å². The van der Waals surface area contributed by atoms with Crippen LogP contribution >= 0.6 is 0 Å². The van der Waals surface area contributed by atoms with Gasteiger partial charge in [0.1, 0.15) is 0 Å². The Bertz CT molecular complexity index is 534. The van der Waals surface area contributed by atoms with E-state index in [0.29, 0.717) is 23.8 Å². The minimum atomic E-state index is 0.241. The van der Waals surface area contributed by atoms with E-state index in [2.05, 4.69) is 34.9 Å². The molecule has 1 heterocycles. The number of carbonyl (C=O) groups excluding carboxylic acids is 1. The van der Waals surface area contributed by atoms with E-state index in [1.807, 2.05) is 0 Å². The van der Waals surface area contributed by atoms with Crippen LogP contribution in [0, 0.1) is 11.8 Å². The van der Waals surface area contributed by atoms with Gasteiger partial charge in [-0.25, -0.2) is 0 Å². The second kappa shape index (κ2) is 5.45. The third-order valence-electron chi connectivity index (χ3n) is 5.55. The monoisotopic (exact) mass is 284 g/mol. The third-order valence-corrected chi connectivity index (χ3v) is 5.55. The second-order valence-corrected chi connectivity index (χ2v) is 6.84. The lowest BCUT2D eigenvalue weighted by Crippen LogP contribution is -2.36. The highest BCUT2D eigenvalue weighted by Crippen LogP contribution is 2.59. The number of hydrogen-bond donors (Lipinski definition) is 2. The molecule has 0 spiro atoms. The maximum atomic E-state index is 12.6. The summed E-state index contributed by atoms with van der Waals surface area (Å²) in [5, 5.41) is 6.74. The maximum Gasteiger partial charge on any atom is 0.224 e. The SMILES string of the molecule is O=C(NC1CCCNCC1)C1C2CCc3ccccc3C21. The van der Waals surface area contributed by atoms with Gasteiger partial charge in [0.25, 0.3) is 0 Å². The molecule has 1 aromatic carbocycles. The first-order chi connectivity index (χ1) is 10.3. The lowest BCUT2D eigenvalue weighted by atomic mass is 9.92. The summed E-state index contributed by atoms with van der Waals surface area (Å²) >= 11 is 0. The van der Waals surface area contributed by atoms with E-state index >= 15 is 0 Å². The first-order valence-electron chi connectivity index (χ1n) is 8.43. The van der Waals surface area contributed by atoms with Gasteiger partial charge in [0.2, 0.25) is 5.91 Å². The number of rotatable bonds is 2. The van der Waals surface area contributed by atoms with E-state index in [9.17, 15) is 4.79 Å². The molecule has 0 aromatic heterocycles. The van der Waals surface area contributed by atoms with Crippen molar-refractivity contribution in [3.05, 3.63) is 35.4 Å². The van der Waals surface area contributed by atoms with E-state index in [4.69, 9.17) is 0 Å². The smallest absolute Gasteiger partial charge is 0.224 e. The summed E-state index contributed by atoms with van der Waals surface area (Å²) in [7, 11) is 0. The van der Waals surface area contributed by atoms with Gasteiger partial charge < -0.3 is 10.6 Å². The highest BCUT2D eigenvalue weighted by Gasteiger charge is 2.57. The average Bonchev–Trinajstić information content (AvgIpc) is 3.28. The van der Waals surface area contributed by atoms with Crippen LogP contribution in [0.3, 0.4) is 0 Å². The Morgan fingerprint density at radius 1 is 1.14 bits per heavy atom. The Labute approximate surface area is 126 Å². The van der Waals surface area contributed by atoms with Crippen LogP contribution in [0.2, 0.25) is 0 Å². The van der Waals surface area contributed by atoms with Crippen molar-refractivity contribution in [2.75, 3.05) is 13.1 Å². The molecule has 2 fully saturated rings. The fourth-order valence-electron chi connectivity index (χ4n) is 4.38. The molecule has 3 aliphatic rings. The van der Waals surface area contributed by atoms with Crippen LogP contribution in [0.1, 0.15) is 42.7 Å². The minimum Gasteiger partial charge on any atom is -0.353 e. The third kappa shape index (κ3) is 2.48. The molecule has 4 unspecified atom stereocenters. The summed E-state index contributed by atoms with van der Waals surface area (Å²) < 4.78 is 0. The van der Waals surface area contributed by atoms with E-state index in [1.54, 1.807) is 0 Å². The summed E-state index contributed by atoms with van der Waals surface area (Å²) in [5.41, 5.74) is 2.91. The summed E-state index contributed by atoms with van der Waals surface area (Å²) in [5.74, 6) is 1.65. The summed E-state index contributed by atoms with van der Waals surface area (Å²) in [6, 6.07) is 9.08.